The van der Waals surface area contributed by atoms with E-state index in [-0.39, 0.29) is 5.69 Å². The Bertz CT molecular complexity index is 2070. The summed E-state index contributed by atoms with van der Waals surface area (Å²) in [4.78, 5) is 12.1. The van der Waals surface area contributed by atoms with Crippen LogP contribution >= 0.6 is 0 Å². The third kappa shape index (κ3) is 8.23. The second-order valence-electron chi connectivity index (χ2n) is 11.3. The van der Waals surface area contributed by atoms with Crippen LogP contribution < -0.4 is 4.90 Å². The van der Waals surface area contributed by atoms with E-state index in [1.54, 1.807) is 12.1 Å². The van der Waals surface area contributed by atoms with Crippen molar-refractivity contribution in [2.75, 3.05) is 4.90 Å². The second-order valence-corrected chi connectivity index (χ2v) is 11.3. The standard InChI is InChI=1S/C35H27N.C7H7NO2.C2H6/c1-26-14-16-29(17-15-26)30-18-21-33(22-19-30)36(35-23-20-28-10-5-6-11-31(28)25-35)34-13-7-12-32(24-34)27-8-3-2-4-9-27;1-6-2-4-7(5-3-6)8(9)10;1-2/h2-25H,1H3;2-5H,1H3;1-2H3. The van der Waals surface area contributed by atoms with Crippen molar-refractivity contribution < 1.29 is 4.92 Å². The first-order valence-corrected chi connectivity index (χ1v) is 16.3. The fraction of sp³-hybridized carbons (Fsp3) is 0.0909. The molecule has 0 unspecified atom stereocenters. The van der Waals surface area contributed by atoms with E-state index < -0.39 is 4.92 Å². The van der Waals surface area contributed by atoms with Gasteiger partial charge in [0.15, 0.2) is 0 Å². The molecule has 4 heteroatoms. The summed E-state index contributed by atoms with van der Waals surface area (Å²) in [6, 6.07) is 58.6. The summed E-state index contributed by atoms with van der Waals surface area (Å²) in [6.45, 7) is 8.02. The number of rotatable bonds is 6. The molecule has 0 atom stereocenters. The lowest BCUT2D eigenvalue weighted by molar-refractivity contribution is -0.384. The number of nitro groups is 1. The first kappa shape index (κ1) is 33.4. The van der Waals surface area contributed by atoms with Gasteiger partial charge in [-0.25, -0.2) is 0 Å². The Morgan fingerprint density at radius 3 is 1.54 bits per heavy atom. The number of fused-ring (bicyclic) bond motifs is 1. The molecule has 0 N–H and O–H groups in total. The van der Waals surface area contributed by atoms with Gasteiger partial charge >= 0.3 is 0 Å². The number of nitrogens with zero attached hydrogens (tertiary/aromatic N) is 2. The van der Waals surface area contributed by atoms with Gasteiger partial charge in [0.05, 0.1) is 4.92 Å². The maximum Gasteiger partial charge on any atom is 0.269 e. The molecule has 0 saturated carbocycles. The van der Waals surface area contributed by atoms with E-state index in [2.05, 4.69) is 157 Å². The van der Waals surface area contributed by atoms with Crippen LogP contribution in [0.25, 0.3) is 33.0 Å². The van der Waals surface area contributed by atoms with Crippen molar-refractivity contribution in [1.82, 2.24) is 0 Å². The van der Waals surface area contributed by atoms with E-state index in [0.717, 1.165) is 22.6 Å². The first-order chi connectivity index (χ1) is 23.4. The first-order valence-electron chi connectivity index (χ1n) is 16.3. The summed E-state index contributed by atoms with van der Waals surface area (Å²) >= 11 is 0. The smallest absolute Gasteiger partial charge is 0.269 e. The van der Waals surface area contributed by atoms with Crippen molar-refractivity contribution in [3.8, 4) is 22.3 Å². The molecule has 0 aliphatic rings. The fourth-order valence-electron chi connectivity index (χ4n) is 5.43. The predicted molar refractivity (Wildman–Crippen MR) is 203 cm³/mol. The van der Waals surface area contributed by atoms with Gasteiger partial charge in [-0.1, -0.05) is 146 Å². The maximum atomic E-state index is 10.1. The van der Waals surface area contributed by atoms with E-state index in [9.17, 15) is 10.1 Å². The van der Waals surface area contributed by atoms with E-state index in [1.165, 1.54) is 50.7 Å². The summed E-state index contributed by atoms with van der Waals surface area (Å²) in [5.41, 5.74) is 10.7. The van der Waals surface area contributed by atoms with Gasteiger partial charge in [0.25, 0.3) is 5.69 Å². The molecule has 4 nitrogen and oxygen atoms in total. The molecule has 0 aliphatic carbocycles. The fourth-order valence-corrected chi connectivity index (χ4v) is 5.43. The zero-order valence-electron chi connectivity index (χ0n) is 27.9. The minimum atomic E-state index is -0.403. The molecule has 48 heavy (non-hydrogen) atoms. The highest BCUT2D eigenvalue weighted by atomic mass is 16.6. The number of nitro benzene ring substituents is 1. The average molecular weight is 629 g/mol. The quantitative estimate of drug-likeness (QED) is 0.136. The summed E-state index contributed by atoms with van der Waals surface area (Å²) in [6.07, 6.45) is 0. The minimum Gasteiger partial charge on any atom is -0.310 e. The Kier molecular flexibility index (Phi) is 11.1. The molecule has 0 fully saturated rings. The molecule has 7 aromatic rings. The van der Waals surface area contributed by atoms with Crippen LogP contribution in [-0.2, 0) is 0 Å². The average Bonchev–Trinajstić information content (AvgIpc) is 3.14. The van der Waals surface area contributed by atoms with Crippen molar-refractivity contribution >= 4 is 33.5 Å². The molecule has 0 heterocycles. The summed E-state index contributed by atoms with van der Waals surface area (Å²) < 4.78 is 0. The third-order valence-electron chi connectivity index (χ3n) is 7.96. The maximum absolute atomic E-state index is 10.1. The molecule has 0 aliphatic heterocycles. The number of non-ortho nitro benzene ring substituents is 1. The van der Waals surface area contributed by atoms with Gasteiger partial charge in [-0.15, -0.1) is 0 Å². The normalized spacial score (nSPS) is 10.2. The molecule has 0 bridgehead atoms. The zero-order chi connectivity index (χ0) is 33.9. The molecule has 0 spiro atoms. The number of anilines is 3. The number of hydrogen-bond acceptors (Lipinski definition) is 3. The van der Waals surface area contributed by atoms with Crippen LogP contribution in [0.2, 0.25) is 0 Å². The summed E-state index contributed by atoms with van der Waals surface area (Å²) in [5.74, 6) is 0. The van der Waals surface area contributed by atoms with Crippen LogP contribution in [-0.4, -0.2) is 4.92 Å². The Labute approximate surface area is 283 Å². The highest BCUT2D eigenvalue weighted by Gasteiger charge is 2.14. The SMILES string of the molecule is CC.Cc1ccc(-c2ccc(N(c3cccc(-c4ccccc4)c3)c3ccc4ccccc4c3)cc2)cc1.Cc1ccc([N+](=O)[O-])cc1. The van der Waals surface area contributed by atoms with Crippen LogP contribution in [0.15, 0.2) is 170 Å². The van der Waals surface area contributed by atoms with Crippen molar-refractivity contribution in [2.24, 2.45) is 0 Å². The molecular weight excluding hydrogens is 588 g/mol. The van der Waals surface area contributed by atoms with Gasteiger partial charge in [0.2, 0.25) is 0 Å². The van der Waals surface area contributed by atoms with E-state index in [4.69, 9.17) is 0 Å². The Hall–Kier alpha value is -6.00. The lowest BCUT2D eigenvalue weighted by Gasteiger charge is -2.26. The van der Waals surface area contributed by atoms with Crippen molar-refractivity contribution in [3.63, 3.8) is 0 Å². The predicted octanol–water partition coefficient (Wildman–Crippen LogP) is 12.9. The zero-order valence-corrected chi connectivity index (χ0v) is 27.9. The number of hydrogen-bond donors (Lipinski definition) is 0. The molecular formula is C44H40N2O2. The lowest BCUT2D eigenvalue weighted by atomic mass is 10.0. The molecule has 7 aromatic carbocycles. The Balaban J connectivity index is 0.000000321. The van der Waals surface area contributed by atoms with Crippen LogP contribution in [0, 0.1) is 24.0 Å². The minimum absolute atomic E-state index is 0.144. The third-order valence-corrected chi connectivity index (χ3v) is 7.96. The van der Waals surface area contributed by atoms with Gasteiger partial charge < -0.3 is 4.90 Å². The largest absolute Gasteiger partial charge is 0.310 e. The van der Waals surface area contributed by atoms with Crippen molar-refractivity contribution in [2.45, 2.75) is 27.7 Å². The van der Waals surface area contributed by atoms with Gasteiger partial charge in [-0.05, 0) is 83.3 Å². The van der Waals surface area contributed by atoms with Crippen LogP contribution in [0.3, 0.4) is 0 Å². The molecule has 0 aromatic heterocycles. The van der Waals surface area contributed by atoms with Gasteiger partial charge in [0, 0.05) is 29.2 Å². The Morgan fingerprint density at radius 2 is 0.917 bits per heavy atom. The van der Waals surface area contributed by atoms with Gasteiger partial charge in [0.1, 0.15) is 0 Å². The molecule has 7 rings (SSSR count). The molecule has 0 amide bonds. The number of aryl methyl sites for hydroxylation is 2. The van der Waals surface area contributed by atoms with Gasteiger partial charge in [-0.2, -0.15) is 0 Å². The molecule has 0 saturated heterocycles. The van der Waals surface area contributed by atoms with Crippen molar-refractivity contribution in [3.05, 3.63) is 191 Å². The highest BCUT2D eigenvalue weighted by Crippen LogP contribution is 2.38. The molecule has 0 radical (unpaired) electrons. The summed E-state index contributed by atoms with van der Waals surface area (Å²) in [7, 11) is 0. The molecule has 238 valence electrons. The number of benzene rings is 7. The lowest BCUT2D eigenvalue weighted by Crippen LogP contribution is -2.10. The van der Waals surface area contributed by atoms with E-state index >= 15 is 0 Å². The van der Waals surface area contributed by atoms with E-state index in [0.29, 0.717) is 0 Å². The van der Waals surface area contributed by atoms with Crippen LogP contribution in [0.5, 0.6) is 0 Å². The highest BCUT2D eigenvalue weighted by molar-refractivity contribution is 5.90. The summed E-state index contributed by atoms with van der Waals surface area (Å²) in [5, 5.41) is 12.6. The topological polar surface area (TPSA) is 46.4 Å². The van der Waals surface area contributed by atoms with Crippen LogP contribution in [0.4, 0.5) is 22.7 Å². The van der Waals surface area contributed by atoms with Crippen LogP contribution in [0.1, 0.15) is 25.0 Å². The van der Waals surface area contributed by atoms with Gasteiger partial charge in [-0.3, -0.25) is 10.1 Å². The van der Waals surface area contributed by atoms with E-state index in [1.807, 2.05) is 20.8 Å². The Morgan fingerprint density at radius 1 is 0.438 bits per heavy atom. The van der Waals surface area contributed by atoms with Crippen molar-refractivity contribution in [1.29, 1.82) is 0 Å². The monoisotopic (exact) mass is 628 g/mol. The second kappa shape index (κ2) is 16.0.